The van der Waals surface area contributed by atoms with Gasteiger partial charge in [0.25, 0.3) is 0 Å². The first-order valence-corrected chi connectivity index (χ1v) is 2.55. The number of nitrogens with zero attached hydrogens (tertiary/aromatic N) is 1. The van der Waals surface area contributed by atoms with E-state index in [1.54, 1.807) is 5.32 Å². The van der Waals surface area contributed by atoms with Crippen molar-refractivity contribution < 1.29 is 18.0 Å². The fourth-order valence-corrected chi connectivity index (χ4v) is 0.600. The van der Waals surface area contributed by atoms with Gasteiger partial charge in [0.1, 0.15) is 6.04 Å². The number of hydrogen-bond acceptors (Lipinski definition) is 1. The molecule has 0 aromatic carbocycles. The standard InChI is InChI=1S/C4H4F3N2O/c5-4(6,7)2-1-8-3(10)9-2/h2H,1H2,(H,9,10). The van der Waals surface area contributed by atoms with E-state index in [-0.39, 0.29) is 0 Å². The summed E-state index contributed by atoms with van der Waals surface area (Å²) in [7, 11) is 0. The van der Waals surface area contributed by atoms with E-state index < -0.39 is 24.8 Å². The van der Waals surface area contributed by atoms with Crippen LogP contribution in [0.25, 0.3) is 0 Å². The maximum absolute atomic E-state index is 11.7. The van der Waals surface area contributed by atoms with E-state index in [0.29, 0.717) is 0 Å². The van der Waals surface area contributed by atoms with Crippen molar-refractivity contribution in [1.82, 2.24) is 10.6 Å². The van der Waals surface area contributed by atoms with Crippen LogP contribution < -0.4 is 10.6 Å². The van der Waals surface area contributed by atoms with Crippen molar-refractivity contribution in [2.24, 2.45) is 0 Å². The van der Waals surface area contributed by atoms with E-state index in [9.17, 15) is 18.0 Å². The zero-order valence-corrected chi connectivity index (χ0v) is 4.77. The van der Waals surface area contributed by atoms with Gasteiger partial charge < -0.3 is 5.32 Å². The molecule has 0 spiro atoms. The number of carbonyl (C=O) groups excluding carboxylic acids is 1. The summed E-state index contributed by atoms with van der Waals surface area (Å²) in [5.74, 6) is 0. The maximum atomic E-state index is 11.7. The van der Waals surface area contributed by atoms with Crippen LogP contribution in [0.2, 0.25) is 0 Å². The second kappa shape index (κ2) is 2.03. The quantitative estimate of drug-likeness (QED) is 0.532. The van der Waals surface area contributed by atoms with E-state index in [1.165, 1.54) is 0 Å². The van der Waals surface area contributed by atoms with Gasteiger partial charge in [-0.2, -0.15) is 13.2 Å². The van der Waals surface area contributed by atoms with Crippen LogP contribution in [0.5, 0.6) is 0 Å². The molecule has 0 aromatic heterocycles. The monoisotopic (exact) mass is 153 g/mol. The zero-order valence-electron chi connectivity index (χ0n) is 4.77. The minimum atomic E-state index is -4.37. The minimum absolute atomic E-state index is 0.498. The van der Waals surface area contributed by atoms with Gasteiger partial charge in [-0.15, -0.1) is 0 Å². The molecular formula is C4H4F3N2O. The van der Waals surface area contributed by atoms with Crippen LogP contribution in [0.15, 0.2) is 0 Å². The molecule has 1 saturated heterocycles. The van der Waals surface area contributed by atoms with Gasteiger partial charge in [0.2, 0.25) is 0 Å². The van der Waals surface area contributed by atoms with E-state index in [4.69, 9.17) is 0 Å². The summed E-state index contributed by atoms with van der Waals surface area (Å²) in [4.78, 5) is 10.1. The number of hydrogen-bond donors (Lipinski definition) is 1. The first kappa shape index (κ1) is 7.17. The van der Waals surface area contributed by atoms with Gasteiger partial charge in [0, 0.05) is 0 Å². The average molecular weight is 153 g/mol. The molecular weight excluding hydrogens is 149 g/mol. The summed E-state index contributed by atoms with van der Waals surface area (Å²) in [5, 5.41) is 4.68. The number of halogens is 3. The molecule has 0 bridgehead atoms. The normalized spacial score (nSPS) is 25.9. The van der Waals surface area contributed by atoms with Crippen molar-refractivity contribution in [3.63, 3.8) is 0 Å². The van der Waals surface area contributed by atoms with E-state index in [1.807, 2.05) is 0 Å². The van der Waals surface area contributed by atoms with Crippen LogP contribution >= 0.6 is 0 Å². The van der Waals surface area contributed by atoms with Gasteiger partial charge in [0.15, 0.2) is 0 Å². The number of carbonyl (C=O) groups is 1. The number of rotatable bonds is 0. The molecule has 1 heterocycles. The fraction of sp³-hybridized carbons (Fsp3) is 0.750. The first-order chi connectivity index (χ1) is 4.50. The third-order valence-electron chi connectivity index (χ3n) is 1.11. The number of nitrogens with one attached hydrogen (secondary N) is 1. The summed E-state index contributed by atoms with van der Waals surface area (Å²) in [5.41, 5.74) is 0. The predicted octanol–water partition coefficient (Wildman–Crippen LogP) is 0.245. The highest BCUT2D eigenvalue weighted by atomic mass is 19.4. The Morgan fingerprint density at radius 2 is 2.20 bits per heavy atom. The van der Waals surface area contributed by atoms with Gasteiger partial charge in [-0.3, -0.25) is 0 Å². The molecule has 1 rings (SSSR count). The predicted molar refractivity (Wildman–Crippen MR) is 25.4 cm³/mol. The van der Waals surface area contributed by atoms with Crippen molar-refractivity contribution >= 4 is 6.03 Å². The van der Waals surface area contributed by atoms with E-state index in [2.05, 4.69) is 5.32 Å². The van der Waals surface area contributed by atoms with E-state index >= 15 is 0 Å². The third-order valence-corrected chi connectivity index (χ3v) is 1.11. The lowest BCUT2D eigenvalue weighted by Gasteiger charge is -2.11. The summed E-state index contributed by atoms with van der Waals surface area (Å²) >= 11 is 0. The van der Waals surface area contributed by atoms with Crippen LogP contribution in [-0.2, 0) is 0 Å². The first-order valence-electron chi connectivity index (χ1n) is 2.55. The average Bonchev–Trinajstić information content (AvgIpc) is 2.11. The molecule has 1 unspecified atom stereocenters. The van der Waals surface area contributed by atoms with Crippen LogP contribution in [0.4, 0.5) is 18.0 Å². The zero-order chi connectivity index (χ0) is 7.78. The van der Waals surface area contributed by atoms with Crippen LogP contribution in [0.1, 0.15) is 0 Å². The van der Waals surface area contributed by atoms with Gasteiger partial charge in [-0.05, 0) is 0 Å². The van der Waals surface area contributed by atoms with Crippen molar-refractivity contribution in [3.8, 4) is 0 Å². The molecule has 1 radical (unpaired) electrons. The van der Waals surface area contributed by atoms with Gasteiger partial charge in [-0.1, -0.05) is 0 Å². The summed E-state index contributed by atoms with van der Waals surface area (Å²) < 4.78 is 35.0. The van der Waals surface area contributed by atoms with Crippen LogP contribution in [0.3, 0.4) is 0 Å². The molecule has 6 heteroatoms. The number of urea groups is 1. The smallest absolute Gasteiger partial charge is 0.323 e. The summed E-state index contributed by atoms with van der Waals surface area (Å²) in [6.07, 6.45) is -4.37. The molecule has 0 aromatic rings. The molecule has 0 aliphatic carbocycles. The maximum Gasteiger partial charge on any atom is 0.410 e. The summed E-state index contributed by atoms with van der Waals surface area (Å²) in [6, 6.07) is -2.66. The van der Waals surface area contributed by atoms with Crippen LogP contribution in [-0.4, -0.2) is 24.8 Å². The number of alkyl halides is 3. The SMILES string of the molecule is O=C1[N]CC(C(F)(F)F)N1. The minimum Gasteiger partial charge on any atom is -0.323 e. The van der Waals surface area contributed by atoms with E-state index in [0.717, 1.165) is 0 Å². The largest absolute Gasteiger partial charge is 0.410 e. The highest BCUT2D eigenvalue weighted by molar-refractivity contribution is 5.76. The molecule has 3 nitrogen and oxygen atoms in total. The highest BCUT2D eigenvalue weighted by Gasteiger charge is 2.44. The topological polar surface area (TPSA) is 43.2 Å². The van der Waals surface area contributed by atoms with Crippen molar-refractivity contribution in [1.29, 1.82) is 0 Å². The number of amides is 2. The molecule has 2 amide bonds. The Bertz CT molecular complexity index is 155. The third kappa shape index (κ3) is 1.31. The van der Waals surface area contributed by atoms with Gasteiger partial charge in [-0.25, -0.2) is 10.1 Å². The lowest BCUT2D eigenvalue weighted by Crippen LogP contribution is -2.40. The lowest BCUT2D eigenvalue weighted by molar-refractivity contribution is -0.148. The Kier molecular flexibility index (Phi) is 1.46. The summed E-state index contributed by atoms with van der Waals surface area (Å²) in [6.45, 7) is -0.498. The molecule has 1 fully saturated rings. The van der Waals surface area contributed by atoms with Crippen LogP contribution in [0, 0.1) is 0 Å². The Labute approximate surface area is 54.6 Å². The highest BCUT2D eigenvalue weighted by Crippen LogP contribution is 2.21. The molecule has 1 aliphatic heterocycles. The Morgan fingerprint density at radius 1 is 1.60 bits per heavy atom. The molecule has 57 valence electrons. The second-order valence-electron chi connectivity index (χ2n) is 1.88. The molecule has 1 atom stereocenters. The van der Waals surface area contributed by atoms with Gasteiger partial charge in [0.05, 0.1) is 6.54 Å². The Hall–Kier alpha value is -0.940. The molecule has 0 saturated carbocycles. The molecule has 1 N–H and O–H groups in total. The fourth-order valence-electron chi connectivity index (χ4n) is 0.600. The lowest BCUT2D eigenvalue weighted by atomic mass is 10.3. The molecule has 10 heavy (non-hydrogen) atoms. The second-order valence-corrected chi connectivity index (χ2v) is 1.88. The van der Waals surface area contributed by atoms with Crippen molar-refractivity contribution in [2.45, 2.75) is 12.2 Å². The Morgan fingerprint density at radius 3 is 2.40 bits per heavy atom. The van der Waals surface area contributed by atoms with Gasteiger partial charge >= 0.3 is 12.2 Å². The molecule has 1 aliphatic rings. The Balaban J connectivity index is 2.53. The van der Waals surface area contributed by atoms with Crippen molar-refractivity contribution in [2.75, 3.05) is 6.54 Å². The van der Waals surface area contributed by atoms with Crippen molar-refractivity contribution in [3.05, 3.63) is 0 Å².